The van der Waals surface area contributed by atoms with Crippen LogP contribution in [0, 0.1) is 13.8 Å². The van der Waals surface area contributed by atoms with E-state index in [4.69, 9.17) is 5.11 Å². The maximum absolute atomic E-state index is 10.3. The molecule has 0 heterocycles. The van der Waals surface area contributed by atoms with Crippen molar-refractivity contribution >= 4 is 27.6 Å². The van der Waals surface area contributed by atoms with Gasteiger partial charge in [0.05, 0.1) is 0 Å². The third kappa shape index (κ3) is 2.73. The molecule has 76 valence electrons. The van der Waals surface area contributed by atoms with Gasteiger partial charge >= 0.3 is 5.97 Å². The van der Waals surface area contributed by atoms with Crippen molar-refractivity contribution < 1.29 is 9.90 Å². The molecule has 1 aromatic rings. The predicted octanol–water partition coefficient (Wildman–Crippen LogP) is 2.56. The molecule has 0 unspecified atom stereocenters. The van der Waals surface area contributed by atoms with Crippen molar-refractivity contribution in [1.29, 1.82) is 0 Å². The number of aryl methyl sites for hydroxylation is 2. The molecule has 2 N–H and O–H groups in total. The van der Waals surface area contributed by atoms with E-state index in [0.29, 0.717) is 0 Å². The molecule has 0 saturated carbocycles. The summed E-state index contributed by atoms with van der Waals surface area (Å²) in [5, 5.41) is 11.3. The van der Waals surface area contributed by atoms with E-state index in [0.717, 1.165) is 21.3 Å². The Kier molecular flexibility index (Phi) is 3.52. The van der Waals surface area contributed by atoms with Gasteiger partial charge in [-0.1, -0.05) is 15.9 Å². The number of rotatable bonds is 3. The van der Waals surface area contributed by atoms with Crippen molar-refractivity contribution in [3.63, 3.8) is 0 Å². The highest BCUT2D eigenvalue weighted by atomic mass is 79.9. The summed E-state index contributed by atoms with van der Waals surface area (Å²) in [7, 11) is 0. The van der Waals surface area contributed by atoms with Gasteiger partial charge in [-0.05, 0) is 37.1 Å². The Labute approximate surface area is 91.3 Å². The molecule has 3 nitrogen and oxygen atoms in total. The summed E-state index contributed by atoms with van der Waals surface area (Å²) >= 11 is 3.45. The Hall–Kier alpha value is -1.03. The lowest BCUT2D eigenvalue weighted by atomic mass is 10.1. The number of carboxylic acids is 1. The number of halogens is 1. The van der Waals surface area contributed by atoms with Crippen molar-refractivity contribution in [3.8, 4) is 0 Å². The molecular weight excluding hydrogens is 246 g/mol. The second-order valence-electron chi connectivity index (χ2n) is 3.17. The van der Waals surface area contributed by atoms with Crippen LogP contribution in [-0.2, 0) is 4.79 Å². The first-order valence-corrected chi connectivity index (χ1v) is 5.02. The minimum absolute atomic E-state index is 0.0550. The van der Waals surface area contributed by atoms with Crippen LogP contribution in [0.4, 0.5) is 5.69 Å². The second kappa shape index (κ2) is 4.46. The fourth-order valence-electron chi connectivity index (χ4n) is 1.23. The molecule has 0 spiro atoms. The van der Waals surface area contributed by atoms with Crippen LogP contribution in [0.2, 0.25) is 0 Å². The second-order valence-corrected chi connectivity index (χ2v) is 3.96. The minimum atomic E-state index is -0.858. The van der Waals surface area contributed by atoms with Gasteiger partial charge in [0.2, 0.25) is 0 Å². The molecule has 0 aromatic heterocycles. The molecule has 0 aliphatic rings. The third-order valence-electron chi connectivity index (χ3n) is 1.88. The highest BCUT2D eigenvalue weighted by molar-refractivity contribution is 9.10. The summed E-state index contributed by atoms with van der Waals surface area (Å²) in [6.45, 7) is 3.90. The van der Waals surface area contributed by atoms with Gasteiger partial charge in [0.15, 0.2) is 0 Å². The van der Waals surface area contributed by atoms with Crippen molar-refractivity contribution in [2.24, 2.45) is 0 Å². The van der Waals surface area contributed by atoms with E-state index in [1.54, 1.807) is 0 Å². The zero-order valence-corrected chi connectivity index (χ0v) is 9.68. The Morgan fingerprint density at radius 1 is 1.43 bits per heavy atom. The Balaban J connectivity index is 2.84. The minimum Gasteiger partial charge on any atom is -0.480 e. The van der Waals surface area contributed by atoms with Crippen LogP contribution >= 0.6 is 15.9 Å². The van der Waals surface area contributed by atoms with Gasteiger partial charge in [-0.2, -0.15) is 0 Å². The van der Waals surface area contributed by atoms with Crippen LogP contribution in [0.1, 0.15) is 11.1 Å². The monoisotopic (exact) mass is 257 g/mol. The van der Waals surface area contributed by atoms with Crippen LogP contribution in [0.3, 0.4) is 0 Å². The van der Waals surface area contributed by atoms with Gasteiger partial charge in [0.1, 0.15) is 6.54 Å². The fraction of sp³-hybridized carbons (Fsp3) is 0.300. The van der Waals surface area contributed by atoms with E-state index >= 15 is 0 Å². The zero-order chi connectivity index (χ0) is 10.7. The van der Waals surface area contributed by atoms with Crippen molar-refractivity contribution in [3.05, 3.63) is 27.7 Å². The standard InChI is InChI=1S/C10H12BrNO2/c1-6-3-8(12-5-9(13)14)4-7(2)10(6)11/h3-4,12H,5H2,1-2H3,(H,13,14). The number of carboxylic acid groups (broad SMARTS) is 1. The number of benzene rings is 1. The van der Waals surface area contributed by atoms with E-state index < -0.39 is 5.97 Å². The molecule has 0 bridgehead atoms. The summed E-state index contributed by atoms with van der Waals surface area (Å²) in [5.74, 6) is -0.858. The number of aliphatic carboxylic acids is 1. The first-order chi connectivity index (χ1) is 6.50. The zero-order valence-electron chi connectivity index (χ0n) is 8.10. The molecule has 0 aliphatic heterocycles. The summed E-state index contributed by atoms with van der Waals surface area (Å²) in [6.07, 6.45) is 0. The summed E-state index contributed by atoms with van der Waals surface area (Å²) < 4.78 is 1.07. The first-order valence-electron chi connectivity index (χ1n) is 4.23. The maximum atomic E-state index is 10.3. The third-order valence-corrected chi connectivity index (χ3v) is 3.13. The Morgan fingerprint density at radius 2 is 1.93 bits per heavy atom. The van der Waals surface area contributed by atoms with E-state index in [1.807, 2.05) is 26.0 Å². The number of anilines is 1. The average Bonchev–Trinajstić information content (AvgIpc) is 2.10. The van der Waals surface area contributed by atoms with Crippen LogP contribution in [0.5, 0.6) is 0 Å². The maximum Gasteiger partial charge on any atom is 0.322 e. The molecular formula is C10H12BrNO2. The summed E-state index contributed by atoms with van der Waals surface area (Å²) in [4.78, 5) is 10.3. The molecule has 0 saturated heterocycles. The van der Waals surface area contributed by atoms with Crippen molar-refractivity contribution in [1.82, 2.24) is 0 Å². The van der Waals surface area contributed by atoms with Gasteiger partial charge in [0, 0.05) is 10.2 Å². The molecule has 14 heavy (non-hydrogen) atoms. The molecule has 0 amide bonds. The normalized spacial score (nSPS) is 9.93. The number of hydrogen-bond acceptors (Lipinski definition) is 2. The lowest BCUT2D eigenvalue weighted by Crippen LogP contribution is -2.12. The largest absolute Gasteiger partial charge is 0.480 e. The number of carbonyl (C=O) groups is 1. The Bertz CT molecular complexity index is 340. The summed E-state index contributed by atoms with van der Waals surface area (Å²) in [6, 6.07) is 3.83. The highest BCUT2D eigenvalue weighted by Gasteiger charge is 2.03. The molecule has 0 fully saturated rings. The van der Waals surface area contributed by atoms with E-state index in [2.05, 4.69) is 21.2 Å². The van der Waals surface area contributed by atoms with Crippen LogP contribution < -0.4 is 5.32 Å². The quantitative estimate of drug-likeness (QED) is 0.875. The van der Waals surface area contributed by atoms with Gasteiger partial charge in [-0.15, -0.1) is 0 Å². The van der Waals surface area contributed by atoms with Crippen molar-refractivity contribution in [2.45, 2.75) is 13.8 Å². The molecule has 0 atom stereocenters. The lowest BCUT2D eigenvalue weighted by Gasteiger charge is -2.08. The SMILES string of the molecule is Cc1cc(NCC(=O)O)cc(C)c1Br. The molecule has 1 rings (SSSR count). The number of nitrogens with one attached hydrogen (secondary N) is 1. The lowest BCUT2D eigenvalue weighted by molar-refractivity contribution is -0.134. The predicted molar refractivity (Wildman–Crippen MR) is 59.7 cm³/mol. The topological polar surface area (TPSA) is 49.3 Å². The van der Waals surface area contributed by atoms with E-state index in [9.17, 15) is 4.79 Å². The molecule has 0 aliphatic carbocycles. The average molecular weight is 258 g/mol. The Morgan fingerprint density at radius 3 is 2.36 bits per heavy atom. The van der Waals surface area contributed by atoms with Gasteiger partial charge in [-0.25, -0.2) is 0 Å². The number of hydrogen-bond donors (Lipinski definition) is 2. The van der Waals surface area contributed by atoms with Gasteiger partial charge in [-0.3, -0.25) is 4.79 Å². The first kappa shape index (κ1) is 11.0. The van der Waals surface area contributed by atoms with Gasteiger partial charge in [0.25, 0.3) is 0 Å². The van der Waals surface area contributed by atoms with Crippen LogP contribution in [-0.4, -0.2) is 17.6 Å². The molecule has 4 heteroatoms. The highest BCUT2D eigenvalue weighted by Crippen LogP contribution is 2.24. The van der Waals surface area contributed by atoms with E-state index in [-0.39, 0.29) is 6.54 Å². The van der Waals surface area contributed by atoms with E-state index in [1.165, 1.54) is 0 Å². The fourth-order valence-corrected chi connectivity index (χ4v) is 1.45. The van der Waals surface area contributed by atoms with Gasteiger partial charge < -0.3 is 10.4 Å². The molecule has 0 radical (unpaired) electrons. The van der Waals surface area contributed by atoms with Crippen LogP contribution in [0.25, 0.3) is 0 Å². The molecule has 1 aromatic carbocycles. The smallest absolute Gasteiger partial charge is 0.322 e. The van der Waals surface area contributed by atoms with Crippen LogP contribution in [0.15, 0.2) is 16.6 Å². The summed E-state index contributed by atoms with van der Waals surface area (Å²) in [5.41, 5.74) is 3.03. The van der Waals surface area contributed by atoms with Crippen molar-refractivity contribution in [2.75, 3.05) is 11.9 Å².